The predicted molar refractivity (Wildman–Crippen MR) is 98.9 cm³/mol. The molecule has 0 aliphatic carbocycles. The van der Waals surface area contributed by atoms with Crippen molar-refractivity contribution in [2.45, 2.75) is 6.04 Å². The van der Waals surface area contributed by atoms with E-state index < -0.39 is 12.0 Å². The Balaban J connectivity index is 1.52. The van der Waals surface area contributed by atoms with Crippen LogP contribution in [0.25, 0.3) is 10.9 Å². The molecule has 2 N–H and O–H groups in total. The zero-order valence-electron chi connectivity index (χ0n) is 14.2. The number of aromatic amines is 1. The number of para-hydroxylation sites is 1. The normalized spacial score (nSPS) is 16.7. The van der Waals surface area contributed by atoms with Crippen LogP contribution in [0.4, 0.5) is 10.1 Å². The Labute approximate surface area is 150 Å². The fourth-order valence-electron chi connectivity index (χ4n) is 3.62. The molecule has 1 aromatic heterocycles. The summed E-state index contributed by atoms with van der Waals surface area (Å²) in [5.74, 6) is -1.11. The van der Waals surface area contributed by atoms with Gasteiger partial charge in [-0.1, -0.05) is 18.2 Å². The Hall–Kier alpha value is -2.86. The zero-order chi connectivity index (χ0) is 18.1. The maximum Gasteiger partial charge on any atom is 0.327 e. The van der Waals surface area contributed by atoms with Crippen molar-refractivity contribution in [3.05, 3.63) is 66.1 Å². The van der Waals surface area contributed by atoms with Crippen LogP contribution in [-0.4, -0.2) is 47.1 Å². The van der Waals surface area contributed by atoms with Crippen LogP contribution in [0.3, 0.4) is 0 Å². The number of benzene rings is 2. The number of aromatic nitrogens is 1. The number of H-pyrrole nitrogens is 1. The van der Waals surface area contributed by atoms with Crippen molar-refractivity contribution in [2.24, 2.45) is 0 Å². The summed E-state index contributed by atoms with van der Waals surface area (Å²) in [6.45, 7) is 2.67. The van der Waals surface area contributed by atoms with Crippen molar-refractivity contribution in [3.8, 4) is 0 Å². The number of halogens is 1. The van der Waals surface area contributed by atoms with E-state index in [9.17, 15) is 14.3 Å². The molecule has 134 valence electrons. The summed E-state index contributed by atoms with van der Waals surface area (Å²) in [6.07, 6.45) is 0. The number of rotatable bonds is 4. The first-order valence-corrected chi connectivity index (χ1v) is 8.67. The number of carbonyl (C=O) groups is 1. The molecule has 1 aliphatic rings. The number of nitrogens with one attached hydrogen (secondary N) is 1. The highest BCUT2D eigenvalue weighted by molar-refractivity contribution is 5.83. The van der Waals surface area contributed by atoms with Gasteiger partial charge in [-0.05, 0) is 41.8 Å². The maximum absolute atomic E-state index is 13.1. The van der Waals surface area contributed by atoms with Gasteiger partial charge in [-0.25, -0.2) is 4.39 Å². The van der Waals surface area contributed by atoms with E-state index in [1.165, 1.54) is 12.1 Å². The minimum Gasteiger partial charge on any atom is -0.480 e. The standard InChI is InChI=1S/C20H20FN3O2/c21-15-5-7-16(8-6-15)23-9-11-24(12-10-23)19(20(25)26)18-13-14-3-1-2-4-17(14)22-18/h1-8,13,19,22H,9-12H2,(H,25,26)/t19-/m1/s1. The van der Waals surface area contributed by atoms with Gasteiger partial charge in [0.1, 0.15) is 11.9 Å². The molecule has 1 aliphatic heterocycles. The molecule has 1 fully saturated rings. The van der Waals surface area contributed by atoms with Gasteiger partial charge in [-0.15, -0.1) is 0 Å². The number of carboxylic acid groups (broad SMARTS) is 1. The Morgan fingerprint density at radius 2 is 1.73 bits per heavy atom. The van der Waals surface area contributed by atoms with E-state index in [1.807, 2.05) is 35.2 Å². The summed E-state index contributed by atoms with van der Waals surface area (Å²) in [6, 6.07) is 15.4. The maximum atomic E-state index is 13.1. The SMILES string of the molecule is O=C(O)[C@@H](c1cc2ccccc2[nH]1)N1CCN(c2ccc(F)cc2)CC1. The lowest BCUT2D eigenvalue weighted by atomic mass is 10.1. The Morgan fingerprint density at radius 1 is 1.04 bits per heavy atom. The highest BCUT2D eigenvalue weighted by atomic mass is 19.1. The Kier molecular flexibility index (Phi) is 4.34. The van der Waals surface area contributed by atoms with Gasteiger partial charge in [-0.2, -0.15) is 0 Å². The highest BCUT2D eigenvalue weighted by Gasteiger charge is 2.31. The number of nitrogens with zero attached hydrogens (tertiary/aromatic N) is 2. The molecular weight excluding hydrogens is 333 g/mol. The number of fused-ring (bicyclic) bond motifs is 1. The molecule has 0 unspecified atom stereocenters. The molecule has 6 heteroatoms. The third-order valence-electron chi connectivity index (χ3n) is 4.95. The first-order valence-electron chi connectivity index (χ1n) is 8.67. The minimum absolute atomic E-state index is 0.253. The van der Waals surface area contributed by atoms with Crippen molar-refractivity contribution >= 4 is 22.6 Å². The molecule has 0 amide bonds. The number of hydrogen-bond acceptors (Lipinski definition) is 3. The first kappa shape index (κ1) is 16.6. The molecule has 4 rings (SSSR count). The largest absolute Gasteiger partial charge is 0.480 e. The average Bonchev–Trinajstić information content (AvgIpc) is 3.06. The summed E-state index contributed by atoms with van der Waals surface area (Å²) in [5.41, 5.74) is 2.61. The topological polar surface area (TPSA) is 59.6 Å². The summed E-state index contributed by atoms with van der Waals surface area (Å²) < 4.78 is 13.1. The van der Waals surface area contributed by atoms with Gasteiger partial charge in [0.05, 0.1) is 0 Å². The lowest BCUT2D eigenvalue weighted by molar-refractivity contribution is -0.143. The van der Waals surface area contributed by atoms with Crippen LogP contribution in [0.5, 0.6) is 0 Å². The number of piperazine rings is 1. The highest BCUT2D eigenvalue weighted by Crippen LogP contribution is 2.27. The summed E-state index contributed by atoms with van der Waals surface area (Å²) >= 11 is 0. The number of aliphatic carboxylic acids is 1. The molecule has 0 saturated carbocycles. The molecule has 1 saturated heterocycles. The van der Waals surface area contributed by atoms with Crippen LogP contribution in [-0.2, 0) is 4.79 Å². The van der Waals surface area contributed by atoms with E-state index in [1.54, 1.807) is 12.1 Å². The lowest BCUT2D eigenvalue weighted by Gasteiger charge is -2.38. The third-order valence-corrected chi connectivity index (χ3v) is 4.95. The average molecular weight is 353 g/mol. The summed E-state index contributed by atoms with van der Waals surface area (Å²) in [5, 5.41) is 10.8. The predicted octanol–water partition coefficient (Wildman–Crippen LogP) is 3.25. The van der Waals surface area contributed by atoms with Crippen molar-refractivity contribution < 1.29 is 14.3 Å². The van der Waals surface area contributed by atoms with Crippen LogP contribution < -0.4 is 4.90 Å². The van der Waals surface area contributed by atoms with Crippen molar-refractivity contribution in [3.63, 3.8) is 0 Å². The summed E-state index contributed by atoms with van der Waals surface area (Å²) in [7, 11) is 0. The van der Waals surface area contributed by atoms with Crippen molar-refractivity contribution in [1.82, 2.24) is 9.88 Å². The van der Waals surface area contributed by atoms with Crippen LogP contribution in [0.2, 0.25) is 0 Å². The quantitative estimate of drug-likeness (QED) is 0.756. The minimum atomic E-state index is -0.855. The van der Waals surface area contributed by atoms with Gasteiger partial charge in [-0.3, -0.25) is 9.69 Å². The Morgan fingerprint density at radius 3 is 2.38 bits per heavy atom. The van der Waals surface area contributed by atoms with Gasteiger partial charge in [0, 0.05) is 43.1 Å². The molecule has 5 nitrogen and oxygen atoms in total. The van der Waals surface area contributed by atoms with Gasteiger partial charge in [0.2, 0.25) is 0 Å². The van der Waals surface area contributed by atoms with E-state index in [4.69, 9.17) is 0 Å². The van der Waals surface area contributed by atoms with Crippen molar-refractivity contribution in [1.29, 1.82) is 0 Å². The van der Waals surface area contributed by atoms with E-state index >= 15 is 0 Å². The van der Waals surface area contributed by atoms with Gasteiger partial charge in [0.15, 0.2) is 0 Å². The van der Waals surface area contributed by atoms with Crippen molar-refractivity contribution in [2.75, 3.05) is 31.1 Å². The van der Waals surface area contributed by atoms with E-state index in [0.29, 0.717) is 31.9 Å². The smallest absolute Gasteiger partial charge is 0.327 e. The van der Waals surface area contributed by atoms with Gasteiger partial charge in [0.25, 0.3) is 0 Å². The molecule has 2 heterocycles. The fourth-order valence-corrected chi connectivity index (χ4v) is 3.62. The molecule has 2 aromatic carbocycles. The number of hydrogen-bond donors (Lipinski definition) is 2. The second kappa shape index (κ2) is 6.80. The van der Waals surface area contributed by atoms with Gasteiger partial charge >= 0.3 is 5.97 Å². The lowest BCUT2D eigenvalue weighted by Crippen LogP contribution is -2.49. The summed E-state index contributed by atoms with van der Waals surface area (Å²) in [4.78, 5) is 19.3. The van der Waals surface area contributed by atoms with Crippen LogP contribution in [0.1, 0.15) is 11.7 Å². The van der Waals surface area contributed by atoms with Gasteiger partial charge < -0.3 is 15.0 Å². The van der Waals surface area contributed by atoms with Crippen LogP contribution in [0.15, 0.2) is 54.6 Å². The third kappa shape index (κ3) is 3.15. The van der Waals surface area contributed by atoms with Crippen LogP contribution in [0, 0.1) is 5.82 Å². The Bertz CT molecular complexity index is 881. The number of carboxylic acids is 1. The molecule has 3 aromatic rings. The molecule has 0 bridgehead atoms. The first-order chi connectivity index (χ1) is 12.6. The van der Waals surface area contributed by atoms with E-state index in [0.717, 1.165) is 16.6 Å². The second-order valence-electron chi connectivity index (χ2n) is 6.55. The molecule has 26 heavy (non-hydrogen) atoms. The molecule has 0 spiro atoms. The molecular formula is C20H20FN3O2. The second-order valence-corrected chi connectivity index (χ2v) is 6.55. The fraction of sp³-hybridized carbons (Fsp3) is 0.250. The van der Waals surface area contributed by atoms with Crippen LogP contribution >= 0.6 is 0 Å². The molecule has 0 radical (unpaired) electrons. The number of anilines is 1. The van der Waals surface area contributed by atoms with E-state index in [2.05, 4.69) is 9.88 Å². The zero-order valence-corrected chi connectivity index (χ0v) is 14.2. The molecule has 1 atom stereocenters. The van der Waals surface area contributed by atoms with E-state index in [-0.39, 0.29) is 5.82 Å². The monoisotopic (exact) mass is 353 g/mol.